The zero-order chi connectivity index (χ0) is 14.7. The highest BCUT2D eigenvalue weighted by atomic mass is 16.5. The average Bonchev–Trinajstić information content (AvgIpc) is 2.49. The molecule has 0 saturated heterocycles. The zero-order valence-corrected chi connectivity index (χ0v) is 11.7. The van der Waals surface area contributed by atoms with Crippen LogP contribution in [-0.2, 0) is 0 Å². The molecular formula is C17H15N3O. The van der Waals surface area contributed by atoms with E-state index in [0.29, 0.717) is 11.6 Å². The Kier molecular flexibility index (Phi) is 3.51. The van der Waals surface area contributed by atoms with Crippen molar-refractivity contribution in [1.29, 1.82) is 0 Å². The number of anilines is 1. The highest BCUT2D eigenvalue weighted by Gasteiger charge is 2.05. The molecule has 0 unspecified atom stereocenters. The van der Waals surface area contributed by atoms with E-state index in [1.54, 1.807) is 6.20 Å². The lowest BCUT2D eigenvalue weighted by Gasteiger charge is -2.08. The van der Waals surface area contributed by atoms with E-state index >= 15 is 0 Å². The number of hydrogen-bond acceptors (Lipinski definition) is 4. The number of aromatic nitrogens is 2. The third-order valence-electron chi connectivity index (χ3n) is 3.08. The summed E-state index contributed by atoms with van der Waals surface area (Å²) in [6.07, 6.45) is 1.74. The van der Waals surface area contributed by atoms with Crippen molar-refractivity contribution in [3.63, 3.8) is 0 Å². The highest BCUT2D eigenvalue weighted by molar-refractivity contribution is 5.73. The SMILES string of the molecule is Cc1ncc(-c2ccc(Oc3ccccc3)cc2)c(N)n1. The van der Waals surface area contributed by atoms with Gasteiger partial charge >= 0.3 is 0 Å². The van der Waals surface area contributed by atoms with Gasteiger partial charge < -0.3 is 10.5 Å². The molecule has 0 aliphatic rings. The second-order valence-electron chi connectivity index (χ2n) is 4.66. The van der Waals surface area contributed by atoms with Crippen molar-refractivity contribution in [3.05, 3.63) is 66.6 Å². The maximum Gasteiger partial charge on any atom is 0.135 e. The molecular weight excluding hydrogens is 262 g/mol. The van der Waals surface area contributed by atoms with Gasteiger partial charge in [0.05, 0.1) is 0 Å². The van der Waals surface area contributed by atoms with Gasteiger partial charge in [0.2, 0.25) is 0 Å². The number of nitrogen functional groups attached to an aromatic ring is 1. The predicted octanol–water partition coefficient (Wildman–Crippen LogP) is 3.83. The normalized spacial score (nSPS) is 10.3. The van der Waals surface area contributed by atoms with Gasteiger partial charge in [0.1, 0.15) is 23.1 Å². The monoisotopic (exact) mass is 277 g/mol. The summed E-state index contributed by atoms with van der Waals surface area (Å²) in [7, 11) is 0. The fraction of sp³-hybridized carbons (Fsp3) is 0.0588. The maximum absolute atomic E-state index is 5.93. The van der Waals surface area contributed by atoms with E-state index in [1.165, 1.54) is 0 Å². The van der Waals surface area contributed by atoms with Crippen LogP contribution in [0.4, 0.5) is 5.82 Å². The van der Waals surface area contributed by atoms with Gasteiger partial charge in [-0.25, -0.2) is 9.97 Å². The Morgan fingerprint density at radius 2 is 1.57 bits per heavy atom. The second-order valence-corrected chi connectivity index (χ2v) is 4.66. The van der Waals surface area contributed by atoms with E-state index in [-0.39, 0.29) is 0 Å². The summed E-state index contributed by atoms with van der Waals surface area (Å²) in [5.74, 6) is 2.74. The van der Waals surface area contributed by atoms with Gasteiger partial charge in [-0.1, -0.05) is 30.3 Å². The molecule has 3 aromatic rings. The standard InChI is InChI=1S/C17H15N3O/c1-12-19-11-16(17(18)20-12)13-7-9-15(10-8-13)21-14-5-3-2-4-6-14/h2-11H,1H3,(H2,18,19,20). The Morgan fingerprint density at radius 1 is 0.905 bits per heavy atom. The van der Waals surface area contributed by atoms with Crippen molar-refractivity contribution in [2.45, 2.75) is 6.92 Å². The molecule has 0 aliphatic heterocycles. The van der Waals surface area contributed by atoms with E-state index in [4.69, 9.17) is 10.5 Å². The molecule has 0 atom stereocenters. The van der Waals surface area contributed by atoms with Gasteiger partial charge in [0.25, 0.3) is 0 Å². The van der Waals surface area contributed by atoms with Crippen LogP contribution in [-0.4, -0.2) is 9.97 Å². The van der Waals surface area contributed by atoms with Gasteiger partial charge in [0, 0.05) is 11.8 Å². The summed E-state index contributed by atoms with van der Waals surface area (Å²) in [5.41, 5.74) is 7.72. The number of rotatable bonds is 3. The molecule has 1 aromatic heterocycles. The lowest BCUT2D eigenvalue weighted by molar-refractivity contribution is 0.483. The molecule has 0 amide bonds. The number of aryl methyl sites for hydroxylation is 1. The number of nitrogens with zero attached hydrogens (tertiary/aromatic N) is 2. The average molecular weight is 277 g/mol. The van der Waals surface area contributed by atoms with E-state index in [1.807, 2.05) is 61.5 Å². The molecule has 21 heavy (non-hydrogen) atoms. The number of para-hydroxylation sites is 1. The number of nitrogens with two attached hydrogens (primary N) is 1. The highest BCUT2D eigenvalue weighted by Crippen LogP contribution is 2.27. The Bertz CT molecular complexity index is 740. The minimum Gasteiger partial charge on any atom is -0.457 e. The second kappa shape index (κ2) is 5.63. The van der Waals surface area contributed by atoms with Gasteiger partial charge in [-0.05, 0) is 36.8 Å². The molecule has 0 bridgehead atoms. The zero-order valence-electron chi connectivity index (χ0n) is 11.7. The molecule has 2 N–H and O–H groups in total. The van der Waals surface area contributed by atoms with Crippen molar-refractivity contribution >= 4 is 5.82 Å². The molecule has 2 aromatic carbocycles. The topological polar surface area (TPSA) is 61.0 Å². The van der Waals surface area contributed by atoms with Gasteiger partial charge in [-0.2, -0.15) is 0 Å². The summed E-state index contributed by atoms with van der Waals surface area (Å²) >= 11 is 0. The van der Waals surface area contributed by atoms with E-state index in [2.05, 4.69) is 9.97 Å². The van der Waals surface area contributed by atoms with Crippen LogP contribution in [0.5, 0.6) is 11.5 Å². The third-order valence-corrected chi connectivity index (χ3v) is 3.08. The third kappa shape index (κ3) is 3.00. The van der Waals surface area contributed by atoms with Gasteiger partial charge in [0.15, 0.2) is 0 Å². The van der Waals surface area contributed by atoms with Crippen LogP contribution in [0.25, 0.3) is 11.1 Å². The van der Waals surface area contributed by atoms with E-state index < -0.39 is 0 Å². The van der Waals surface area contributed by atoms with Crippen molar-refractivity contribution in [2.24, 2.45) is 0 Å². The van der Waals surface area contributed by atoms with Crippen LogP contribution in [0.3, 0.4) is 0 Å². The molecule has 4 heteroatoms. The first-order valence-electron chi connectivity index (χ1n) is 6.65. The molecule has 0 radical (unpaired) electrons. The van der Waals surface area contributed by atoms with E-state index in [9.17, 15) is 0 Å². The first kappa shape index (κ1) is 13.1. The van der Waals surface area contributed by atoms with Gasteiger partial charge in [-0.3, -0.25) is 0 Å². The first-order valence-corrected chi connectivity index (χ1v) is 6.65. The molecule has 0 saturated carbocycles. The maximum atomic E-state index is 5.93. The molecule has 3 rings (SSSR count). The Hall–Kier alpha value is -2.88. The predicted molar refractivity (Wildman–Crippen MR) is 83.1 cm³/mol. The minimum absolute atomic E-state index is 0.485. The van der Waals surface area contributed by atoms with Crippen LogP contribution in [0.15, 0.2) is 60.8 Å². The van der Waals surface area contributed by atoms with Crippen molar-refractivity contribution in [2.75, 3.05) is 5.73 Å². The Labute approximate surface area is 123 Å². The summed E-state index contributed by atoms with van der Waals surface area (Å²) in [6, 6.07) is 17.4. The Morgan fingerprint density at radius 3 is 2.24 bits per heavy atom. The first-order chi connectivity index (χ1) is 10.2. The lowest BCUT2D eigenvalue weighted by Crippen LogP contribution is -1.98. The number of ether oxygens (including phenoxy) is 1. The van der Waals surface area contributed by atoms with Crippen LogP contribution in [0.2, 0.25) is 0 Å². The Balaban J connectivity index is 1.84. The quantitative estimate of drug-likeness (QED) is 0.790. The summed E-state index contributed by atoms with van der Waals surface area (Å²) in [4.78, 5) is 8.36. The van der Waals surface area contributed by atoms with Crippen LogP contribution in [0, 0.1) is 6.92 Å². The van der Waals surface area contributed by atoms with E-state index in [0.717, 1.165) is 22.6 Å². The smallest absolute Gasteiger partial charge is 0.135 e. The fourth-order valence-corrected chi connectivity index (χ4v) is 2.04. The largest absolute Gasteiger partial charge is 0.457 e. The van der Waals surface area contributed by atoms with Crippen molar-refractivity contribution < 1.29 is 4.74 Å². The van der Waals surface area contributed by atoms with Crippen molar-refractivity contribution in [1.82, 2.24) is 9.97 Å². The minimum atomic E-state index is 0.485. The summed E-state index contributed by atoms with van der Waals surface area (Å²) in [6.45, 7) is 1.82. The molecule has 1 heterocycles. The molecule has 0 spiro atoms. The molecule has 0 fully saturated rings. The molecule has 0 aliphatic carbocycles. The van der Waals surface area contributed by atoms with Crippen molar-refractivity contribution in [3.8, 4) is 22.6 Å². The summed E-state index contributed by atoms with van der Waals surface area (Å²) in [5, 5.41) is 0. The lowest BCUT2D eigenvalue weighted by atomic mass is 10.1. The van der Waals surface area contributed by atoms with Crippen LogP contribution < -0.4 is 10.5 Å². The number of hydrogen-bond donors (Lipinski definition) is 1. The van der Waals surface area contributed by atoms with Gasteiger partial charge in [-0.15, -0.1) is 0 Å². The summed E-state index contributed by atoms with van der Waals surface area (Å²) < 4.78 is 5.76. The molecule has 4 nitrogen and oxygen atoms in total. The van der Waals surface area contributed by atoms with Crippen LogP contribution >= 0.6 is 0 Å². The number of benzene rings is 2. The fourth-order valence-electron chi connectivity index (χ4n) is 2.04. The molecule has 104 valence electrons. The van der Waals surface area contributed by atoms with Crippen LogP contribution in [0.1, 0.15) is 5.82 Å².